The maximum atomic E-state index is 13.1. The third-order valence-corrected chi connectivity index (χ3v) is 5.80. The van der Waals surface area contributed by atoms with Crippen molar-refractivity contribution in [2.75, 3.05) is 13.1 Å². The van der Waals surface area contributed by atoms with Crippen LogP contribution in [0.3, 0.4) is 0 Å². The van der Waals surface area contributed by atoms with Gasteiger partial charge in [-0.05, 0) is 61.8 Å². The first kappa shape index (κ1) is 22.2. The summed E-state index contributed by atoms with van der Waals surface area (Å²) in [6.45, 7) is 9.36. The van der Waals surface area contributed by atoms with E-state index in [2.05, 4.69) is 22.3 Å². The third-order valence-electron chi connectivity index (χ3n) is 5.23. The number of aryl methyl sites for hydroxylation is 1. The molecule has 1 aromatic carbocycles. The number of nitrogens with zero attached hydrogens (tertiary/aromatic N) is 2. The number of hydrogen-bond acceptors (Lipinski definition) is 4. The molecule has 160 valence electrons. The molecular formula is C23H29FN4OS. The molecule has 1 aliphatic rings. The van der Waals surface area contributed by atoms with Crippen molar-refractivity contribution in [3.8, 4) is 0 Å². The second kappa shape index (κ2) is 10.5. The van der Waals surface area contributed by atoms with Crippen molar-refractivity contribution in [3.05, 3.63) is 59.9 Å². The van der Waals surface area contributed by atoms with Crippen molar-refractivity contribution in [1.82, 2.24) is 20.4 Å². The highest BCUT2D eigenvalue weighted by Crippen LogP contribution is 2.32. The number of benzene rings is 1. The quantitative estimate of drug-likeness (QED) is 0.395. The minimum atomic E-state index is 0.133. The van der Waals surface area contributed by atoms with Crippen LogP contribution in [0, 0.1) is 19.8 Å². The van der Waals surface area contributed by atoms with E-state index in [0.717, 1.165) is 34.6 Å². The number of rotatable bonds is 11. The Morgan fingerprint density at radius 1 is 1.30 bits per heavy atom. The molecule has 30 heavy (non-hydrogen) atoms. The van der Waals surface area contributed by atoms with Gasteiger partial charge in [0.1, 0.15) is 5.82 Å². The number of carbonyl (C=O) groups is 1. The second-order valence-electron chi connectivity index (χ2n) is 7.73. The van der Waals surface area contributed by atoms with Crippen molar-refractivity contribution in [1.29, 1.82) is 0 Å². The number of hydrogen-bond donors (Lipinski definition) is 2. The van der Waals surface area contributed by atoms with Gasteiger partial charge in [0.25, 0.3) is 0 Å². The zero-order chi connectivity index (χ0) is 21.5. The predicted molar refractivity (Wildman–Crippen MR) is 121 cm³/mol. The van der Waals surface area contributed by atoms with Gasteiger partial charge in [-0.3, -0.25) is 4.79 Å². The van der Waals surface area contributed by atoms with E-state index in [1.165, 1.54) is 19.0 Å². The van der Waals surface area contributed by atoms with Crippen LogP contribution >= 0.6 is 12.1 Å². The lowest BCUT2D eigenvalue weighted by molar-refractivity contribution is -0.121. The lowest BCUT2D eigenvalue weighted by atomic mass is 10.0. The molecule has 0 radical (unpaired) electrons. The van der Waals surface area contributed by atoms with Crippen LogP contribution in [0.15, 0.2) is 48.0 Å². The van der Waals surface area contributed by atoms with Crippen molar-refractivity contribution < 1.29 is 8.68 Å². The van der Waals surface area contributed by atoms with E-state index >= 15 is 0 Å². The highest BCUT2D eigenvalue weighted by atomic mass is 32.2. The molecule has 1 fully saturated rings. The highest BCUT2D eigenvalue weighted by molar-refractivity contribution is 7.94. The Hall–Kier alpha value is -2.54. The third kappa shape index (κ3) is 5.98. The van der Waals surface area contributed by atoms with Crippen LogP contribution in [0.4, 0.5) is 3.89 Å². The van der Waals surface area contributed by atoms with Gasteiger partial charge in [-0.2, -0.15) is 8.98 Å². The van der Waals surface area contributed by atoms with Crippen LogP contribution in [0.1, 0.15) is 42.5 Å². The zero-order valence-electron chi connectivity index (χ0n) is 17.6. The SMILES string of the molecule is C=C(/C=C(/NCCCNC(=O)CC1CC1)n1ncc(SF)c1C)c1ccccc1C. The summed E-state index contributed by atoms with van der Waals surface area (Å²) in [6.07, 6.45) is 7.22. The lowest BCUT2D eigenvalue weighted by Crippen LogP contribution is -2.28. The fraction of sp³-hybridized carbons (Fsp3) is 0.391. The van der Waals surface area contributed by atoms with Gasteiger partial charge in [0, 0.05) is 19.5 Å². The molecule has 2 N–H and O–H groups in total. The Bertz CT molecular complexity index is 933. The Morgan fingerprint density at radius 3 is 2.70 bits per heavy atom. The number of halogens is 1. The van der Waals surface area contributed by atoms with Gasteiger partial charge in [0.15, 0.2) is 0 Å². The zero-order valence-corrected chi connectivity index (χ0v) is 18.4. The Morgan fingerprint density at radius 2 is 2.03 bits per heavy atom. The van der Waals surface area contributed by atoms with Gasteiger partial charge in [-0.15, -0.1) is 0 Å². The molecule has 0 bridgehead atoms. The first-order chi connectivity index (χ1) is 14.5. The van der Waals surface area contributed by atoms with E-state index in [4.69, 9.17) is 0 Å². The van der Waals surface area contributed by atoms with Crippen molar-refractivity contribution in [3.63, 3.8) is 0 Å². The maximum Gasteiger partial charge on any atom is 0.220 e. The Balaban J connectivity index is 1.66. The molecule has 1 aliphatic carbocycles. The molecule has 5 nitrogen and oxygen atoms in total. The van der Waals surface area contributed by atoms with Crippen LogP contribution < -0.4 is 10.6 Å². The number of carbonyl (C=O) groups excluding carboxylic acids is 1. The molecule has 0 saturated heterocycles. The van der Waals surface area contributed by atoms with Gasteiger partial charge >= 0.3 is 0 Å². The average molecular weight is 429 g/mol. The maximum absolute atomic E-state index is 13.1. The topological polar surface area (TPSA) is 58.9 Å². The van der Waals surface area contributed by atoms with E-state index in [-0.39, 0.29) is 18.1 Å². The Kier molecular flexibility index (Phi) is 7.74. The lowest BCUT2D eigenvalue weighted by Gasteiger charge is -2.15. The van der Waals surface area contributed by atoms with E-state index in [9.17, 15) is 8.68 Å². The molecule has 2 aromatic rings. The number of amides is 1. The van der Waals surface area contributed by atoms with Gasteiger partial charge in [0.2, 0.25) is 5.91 Å². The minimum absolute atomic E-state index is 0.133. The molecular weight excluding hydrogens is 399 g/mol. The molecule has 1 aromatic heterocycles. The van der Waals surface area contributed by atoms with Crippen molar-refractivity contribution >= 4 is 29.4 Å². The van der Waals surface area contributed by atoms with Gasteiger partial charge in [-0.25, -0.2) is 4.68 Å². The standard InChI is InChI=1S/C23H29FN4OS/c1-16-7-4-5-8-20(16)17(2)13-22(28-18(3)21(30-24)15-27-28)25-11-6-12-26-23(29)14-19-9-10-19/h4-5,7-8,13,15,19,25H,2,6,9-12,14H2,1,3H3,(H,26,29)/b22-13-. The summed E-state index contributed by atoms with van der Waals surface area (Å²) in [5, 5.41) is 10.7. The van der Waals surface area contributed by atoms with Crippen molar-refractivity contribution in [2.24, 2.45) is 5.92 Å². The van der Waals surface area contributed by atoms with Gasteiger partial charge in [-0.1, -0.05) is 30.8 Å². The molecule has 0 atom stereocenters. The summed E-state index contributed by atoms with van der Waals surface area (Å²) < 4.78 is 14.8. The first-order valence-corrected chi connectivity index (χ1v) is 11.0. The normalized spacial score (nSPS) is 13.9. The average Bonchev–Trinajstić information content (AvgIpc) is 3.46. The van der Waals surface area contributed by atoms with Crippen LogP contribution in [0.2, 0.25) is 0 Å². The summed E-state index contributed by atoms with van der Waals surface area (Å²) >= 11 is 0.188. The fourth-order valence-electron chi connectivity index (χ4n) is 3.27. The smallest absolute Gasteiger partial charge is 0.220 e. The Labute approximate surface area is 182 Å². The van der Waals surface area contributed by atoms with Crippen LogP contribution in [0.5, 0.6) is 0 Å². The molecule has 0 aliphatic heterocycles. The van der Waals surface area contributed by atoms with E-state index < -0.39 is 0 Å². The fourth-order valence-corrected chi connectivity index (χ4v) is 3.55. The van der Waals surface area contributed by atoms with E-state index in [1.807, 2.05) is 44.2 Å². The summed E-state index contributed by atoms with van der Waals surface area (Å²) in [7, 11) is 0. The van der Waals surface area contributed by atoms with Crippen molar-refractivity contribution in [2.45, 2.75) is 44.4 Å². The molecule has 1 heterocycles. The second-order valence-corrected chi connectivity index (χ2v) is 8.32. The molecule has 3 rings (SSSR count). The van der Waals surface area contributed by atoms with Crippen LogP contribution in [0.25, 0.3) is 11.4 Å². The largest absolute Gasteiger partial charge is 0.370 e. The summed E-state index contributed by atoms with van der Waals surface area (Å²) in [5.74, 6) is 1.45. The molecule has 0 spiro atoms. The molecule has 7 heteroatoms. The molecule has 0 unspecified atom stereocenters. The van der Waals surface area contributed by atoms with Crippen LogP contribution in [-0.4, -0.2) is 28.8 Å². The van der Waals surface area contributed by atoms with E-state index in [0.29, 0.717) is 30.3 Å². The van der Waals surface area contributed by atoms with E-state index in [1.54, 1.807) is 4.68 Å². The van der Waals surface area contributed by atoms with Gasteiger partial charge in [0.05, 0.1) is 28.9 Å². The minimum Gasteiger partial charge on any atom is -0.370 e. The number of aromatic nitrogens is 2. The highest BCUT2D eigenvalue weighted by Gasteiger charge is 2.23. The monoisotopic (exact) mass is 428 g/mol. The molecule has 1 saturated carbocycles. The van der Waals surface area contributed by atoms with Crippen LogP contribution in [-0.2, 0) is 4.79 Å². The number of allylic oxidation sites excluding steroid dienone is 2. The number of nitrogens with one attached hydrogen (secondary N) is 2. The predicted octanol–water partition coefficient (Wildman–Crippen LogP) is 4.88. The molecule has 1 amide bonds. The summed E-state index contributed by atoms with van der Waals surface area (Å²) in [5.41, 5.74) is 3.75. The summed E-state index contributed by atoms with van der Waals surface area (Å²) in [4.78, 5) is 12.3. The summed E-state index contributed by atoms with van der Waals surface area (Å²) in [6, 6.07) is 8.05. The first-order valence-electron chi connectivity index (χ1n) is 10.3. The van der Waals surface area contributed by atoms with Gasteiger partial charge < -0.3 is 10.6 Å².